The van der Waals surface area contributed by atoms with Gasteiger partial charge in [-0.05, 0) is 25.5 Å². The summed E-state index contributed by atoms with van der Waals surface area (Å²) in [6, 6.07) is 3.56. The number of alkyl halides is 1. The molecule has 0 spiro atoms. The topological polar surface area (TPSA) is 80.8 Å². The van der Waals surface area contributed by atoms with E-state index in [2.05, 4.69) is 15.1 Å². The van der Waals surface area contributed by atoms with Crippen LogP contribution in [0.3, 0.4) is 0 Å². The van der Waals surface area contributed by atoms with Crippen LogP contribution < -0.4 is 4.74 Å². The molecule has 0 amide bonds. The lowest BCUT2D eigenvalue weighted by Crippen LogP contribution is -2.29. The van der Waals surface area contributed by atoms with Gasteiger partial charge in [0.25, 0.3) is 0 Å². The molecule has 146 valence electrons. The van der Waals surface area contributed by atoms with Crippen LogP contribution in [-0.2, 0) is 4.79 Å². The number of Topliss-reactive ketones (excluding diaryl/α,β-unsaturated/α-hetero) is 1. The second kappa shape index (κ2) is 7.35. The Morgan fingerprint density at radius 1 is 1.36 bits per heavy atom. The Kier molecular flexibility index (Phi) is 4.89. The third kappa shape index (κ3) is 3.40. The second-order valence-electron chi connectivity index (χ2n) is 6.75. The van der Waals surface area contributed by atoms with Crippen molar-refractivity contribution in [3.05, 3.63) is 40.5 Å². The highest BCUT2D eigenvalue weighted by molar-refractivity contribution is 6.44. The van der Waals surface area contributed by atoms with Crippen LogP contribution in [0.15, 0.2) is 38.6 Å². The summed E-state index contributed by atoms with van der Waals surface area (Å²) >= 11 is 6.08. The maximum Gasteiger partial charge on any atom is 0.214 e. The molecule has 4 rings (SSSR count). The van der Waals surface area contributed by atoms with Gasteiger partial charge in [-0.15, -0.1) is 0 Å². The van der Waals surface area contributed by atoms with E-state index in [9.17, 15) is 9.18 Å². The molecule has 4 heterocycles. The van der Waals surface area contributed by atoms with Crippen molar-refractivity contribution in [2.75, 3.05) is 19.6 Å². The summed E-state index contributed by atoms with van der Waals surface area (Å²) in [4.78, 5) is 21.6. The number of ketones is 1. The van der Waals surface area contributed by atoms with Gasteiger partial charge in [-0.2, -0.15) is 0 Å². The number of ether oxygens (including phenoxy) is 1. The third-order valence-electron chi connectivity index (χ3n) is 4.79. The minimum Gasteiger partial charge on any atom is -0.469 e. The first kappa shape index (κ1) is 18.6. The highest BCUT2D eigenvalue weighted by Crippen LogP contribution is 2.30. The predicted molar refractivity (Wildman–Crippen MR) is 101 cm³/mol. The lowest BCUT2D eigenvalue weighted by molar-refractivity contribution is -0.113. The molecule has 0 aliphatic carbocycles. The van der Waals surface area contributed by atoms with Crippen LogP contribution in [0.1, 0.15) is 11.5 Å². The first-order chi connectivity index (χ1) is 13.4. The molecule has 0 aromatic carbocycles. The number of allylic oxidation sites excluding steroid dienone is 1. The van der Waals surface area contributed by atoms with Crippen molar-refractivity contribution in [1.29, 1.82) is 0 Å². The predicted octanol–water partition coefficient (Wildman–Crippen LogP) is 2.86. The van der Waals surface area contributed by atoms with E-state index in [1.165, 1.54) is 6.21 Å². The minimum absolute atomic E-state index is 0.0214. The van der Waals surface area contributed by atoms with Gasteiger partial charge in [0.05, 0.1) is 24.5 Å². The van der Waals surface area contributed by atoms with E-state index in [1.54, 1.807) is 17.2 Å². The lowest BCUT2D eigenvalue weighted by atomic mass is 10.1. The molecule has 2 atom stereocenters. The molecule has 0 N–H and O–H groups in total. The second-order valence-corrected chi connectivity index (χ2v) is 7.13. The number of halogens is 2. The van der Waals surface area contributed by atoms with Crippen molar-refractivity contribution in [3.63, 3.8) is 0 Å². The van der Waals surface area contributed by atoms with Gasteiger partial charge in [0.15, 0.2) is 18.1 Å². The van der Waals surface area contributed by atoms with Crippen LogP contribution in [-0.4, -0.2) is 58.9 Å². The molecular weight excluding hydrogens is 387 g/mol. The monoisotopic (exact) mass is 404 g/mol. The fourth-order valence-corrected chi connectivity index (χ4v) is 3.65. The quantitative estimate of drug-likeness (QED) is 0.779. The highest BCUT2D eigenvalue weighted by Gasteiger charge is 2.37. The fourth-order valence-electron chi connectivity index (χ4n) is 3.43. The van der Waals surface area contributed by atoms with Crippen LogP contribution in [0.4, 0.5) is 4.39 Å². The lowest BCUT2D eigenvalue weighted by Gasteiger charge is -2.21. The van der Waals surface area contributed by atoms with Gasteiger partial charge in [0, 0.05) is 24.0 Å². The van der Waals surface area contributed by atoms with Gasteiger partial charge in [-0.25, -0.2) is 9.37 Å². The Morgan fingerprint density at radius 2 is 2.18 bits per heavy atom. The van der Waals surface area contributed by atoms with Crippen molar-refractivity contribution < 1.29 is 18.4 Å². The van der Waals surface area contributed by atoms with Gasteiger partial charge in [-0.1, -0.05) is 16.8 Å². The van der Waals surface area contributed by atoms with E-state index in [-0.39, 0.29) is 30.4 Å². The summed E-state index contributed by atoms with van der Waals surface area (Å²) in [5, 5.41) is 4.04. The smallest absolute Gasteiger partial charge is 0.214 e. The van der Waals surface area contributed by atoms with E-state index in [1.807, 2.05) is 19.9 Å². The minimum atomic E-state index is -1.26. The number of nitrogens with zero attached hydrogens (tertiary/aromatic N) is 4. The number of carbonyl (C=O) groups excluding carboxylic acids is 1. The third-order valence-corrected chi connectivity index (χ3v) is 5.19. The molecule has 0 saturated carbocycles. The van der Waals surface area contributed by atoms with E-state index in [0.29, 0.717) is 17.3 Å². The molecular formula is C19H18ClFN4O3. The number of rotatable bonds is 4. The van der Waals surface area contributed by atoms with E-state index in [4.69, 9.17) is 20.9 Å². The number of carbonyl (C=O) groups is 1. The Balaban J connectivity index is 1.52. The summed E-state index contributed by atoms with van der Waals surface area (Å²) in [6.07, 6.45) is 1.11. The largest absolute Gasteiger partial charge is 0.469 e. The number of aromatic nitrogens is 2. The number of aliphatic imine (C=N–C) groups is 1. The Labute approximate surface area is 165 Å². The summed E-state index contributed by atoms with van der Waals surface area (Å²) in [5.74, 6) is 0.723. The highest BCUT2D eigenvalue weighted by atomic mass is 35.5. The number of pyridine rings is 1. The maximum atomic E-state index is 14.6. The van der Waals surface area contributed by atoms with E-state index in [0.717, 1.165) is 16.8 Å². The summed E-state index contributed by atoms with van der Waals surface area (Å²) in [7, 11) is 0. The SMILES string of the molecule is Cc1noc(C)c1-c1ccnc(O[C@H]2CN(C3=C(Cl)C(=O)CN=C3)C[C@@H]2F)c1. The van der Waals surface area contributed by atoms with E-state index >= 15 is 0 Å². The fraction of sp³-hybridized carbons (Fsp3) is 0.368. The van der Waals surface area contributed by atoms with Crippen molar-refractivity contribution in [2.45, 2.75) is 26.1 Å². The van der Waals surface area contributed by atoms with Crippen molar-refractivity contribution >= 4 is 23.6 Å². The number of aryl methyl sites for hydroxylation is 2. The van der Waals surface area contributed by atoms with Crippen LogP contribution in [0, 0.1) is 13.8 Å². The average Bonchev–Trinajstić information content (AvgIpc) is 3.19. The summed E-state index contributed by atoms with van der Waals surface area (Å²) in [5.41, 5.74) is 2.89. The van der Waals surface area contributed by atoms with Crippen molar-refractivity contribution in [3.8, 4) is 17.0 Å². The molecule has 9 heteroatoms. The first-order valence-electron chi connectivity index (χ1n) is 8.82. The number of dihydropyridines is 1. The van der Waals surface area contributed by atoms with Gasteiger partial charge < -0.3 is 14.2 Å². The molecule has 2 aliphatic rings. The van der Waals surface area contributed by atoms with Crippen molar-refractivity contribution in [1.82, 2.24) is 15.0 Å². The van der Waals surface area contributed by atoms with Crippen LogP contribution in [0.2, 0.25) is 0 Å². The molecule has 2 aromatic rings. The Hall–Kier alpha value is -2.74. The number of hydrogen-bond donors (Lipinski definition) is 0. The zero-order valence-electron chi connectivity index (χ0n) is 15.4. The molecule has 0 bridgehead atoms. The van der Waals surface area contributed by atoms with Gasteiger partial charge in [0.2, 0.25) is 5.88 Å². The number of hydrogen-bond acceptors (Lipinski definition) is 7. The van der Waals surface area contributed by atoms with Crippen LogP contribution in [0.5, 0.6) is 5.88 Å². The first-order valence-corrected chi connectivity index (χ1v) is 9.19. The van der Waals surface area contributed by atoms with Crippen LogP contribution in [0.25, 0.3) is 11.1 Å². The molecule has 0 unspecified atom stereocenters. The van der Waals surface area contributed by atoms with Crippen molar-refractivity contribution in [2.24, 2.45) is 4.99 Å². The summed E-state index contributed by atoms with van der Waals surface area (Å²) in [6.45, 7) is 4.01. The van der Waals surface area contributed by atoms with Crippen LogP contribution >= 0.6 is 11.6 Å². The molecule has 1 fully saturated rings. The standard InChI is InChI=1S/C19H18ClFN4O3/c1-10-18(11(2)28-24-10)12-3-4-23-17(5-12)27-16-9-25(8-13(16)21)14-6-22-7-15(26)19(14)20/h3-6,13,16H,7-9H2,1-2H3/t13-,16-/m0/s1. The molecule has 0 radical (unpaired) electrons. The van der Waals surface area contributed by atoms with E-state index < -0.39 is 12.3 Å². The molecule has 2 aromatic heterocycles. The Bertz CT molecular complexity index is 968. The molecule has 1 saturated heterocycles. The summed E-state index contributed by atoms with van der Waals surface area (Å²) < 4.78 is 25.6. The average molecular weight is 405 g/mol. The zero-order valence-corrected chi connectivity index (χ0v) is 16.1. The van der Waals surface area contributed by atoms with Gasteiger partial charge in [0.1, 0.15) is 17.3 Å². The zero-order chi connectivity index (χ0) is 19.8. The molecule has 7 nitrogen and oxygen atoms in total. The normalized spacial score (nSPS) is 22.3. The van der Waals surface area contributed by atoms with Gasteiger partial charge in [-0.3, -0.25) is 9.79 Å². The Morgan fingerprint density at radius 3 is 2.93 bits per heavy atom. The van der Waals surface area contributed by atoms with Gasteiger partial charge >= 0.3 is 0 Å². The molecule has 28 heavy (non-hydrogen) atoms. The number of likely N-dealkylation sites (tertiary alicyclic amines) is 1. The maximum absolute atomic E-state index is 14.6. The molecule has 2 aliphatic heterocycles.